The maximum Gasteiger partial charge on any atom is 0.137 e. The Balaban J connectivity index is 1.68. The minimum atomic E-state index is 0.659. The fourth-order valence-corrected chi connectivity index (χ4v) is 2.73. The Kier molecular flexibility index (Phi) is 5.76. The number of ether oxygens (including phenoxy) is 1. The molecule has 0 bridgehead atoms. The van der Waals surface area contributed by atoms with E-state index >= 15 is 0 Å². The lowest BCUT2D eigenvalue weighted by Gasteiger charge is -2.27. The van der Waals surface area contributed by atoms with Gasteiger partial charge in [-0.3, -0.25) is 0 Å². The highest BCUT2D eigenvalue weighted by Gasteiger charge is 2.08. The molecule has 100 valence electrons. The summed E-state index contributed by atoms with van der Waals surface area (Å²) < 4.78 is 6.66. The van der Waals surface area contributed by atoms with E-state index in [1.807, 2.05) is 18.2 Å². The smallest absolute Gasteiger partial charge is 0.137 e. The number of rotatable bonds is 5. The van der Waals surface area contributed by atoms with Gasteiger partial charge in [-0.05, 0) is 24.6 Å². The molecule has 0 radical (unpaired) electrons. The molecule has 1 aliphatic heterocycles. The largest absolute Gasteiger partial charge is 0.492 e. The molecule has 1 N–H and O–H groups in total. The van der Waals surface area contributed by atoms with Crippen LogP contribution in [0.3, 0.4) is 0 Å². The Morgan fingerprint density at radius 2 is 2.11 bits per heavy atom. The van der Waals surface area contributed by atoms with E-state index in [-0.39, 0.29) is 0 Å². The predicted octanol–water partition coefficient (Wildman–Crippen LogP) is 2.78. The van der Waals surface area contributed by atoms with Crippen LogP contribution in [0.5, 0.6) is 5.75 Å². The fourth-order valence-electron chi connectivity index (χ4n) is 2.00. The predicted molar refractivity (Wildman–Crippen MR) is 78.6 cm³/mol. The van der Waals surface area contributed by atoms with Crippen LogP contribution < -0.4 is 10.1 Å². The van der Waals surface area contributed by atoms with Crippen LogP contribution in [0.4, 0.5) is 0 Å². The van der Waals surface area contributed by atoms with Gasteiger partial charge < -0.3 is 15.0 Å². The van der Waals surface area contributed by atoms with E-state index in [1.165, 1.54) is 0 Å². The summed E-state index contributed by atoms with van der Waals surface area (Å²) in [5.74, 6) is 0.764. The highest BCUT2D eigenvalue weighted by Crippen LogP contribution is 2.27. The van der Waals surface area contributed by atoms with E-state index < -0.39 is 0 Å². The molecule has 0 saturated carbocycles. The first kappa shape index (κ1) is 14.1. The highest BCUT2D eigenvalue weighted by molar-refractivity contribution is 9.10. The molecule has 2 rings (SSSR count). The zero-order valence-electron chi connectivity index (χ0n) is 10.3. The molecule has 3 nitrogen and oxygen atoms in total. The number of nitrogens with zero attached hydrogens (tertiary/aromatic N) is 1. The molecule has 0 aromatic heterocycles. The minimum absolute atomic E-state index is 0.659. The van der Waals surface area contributed by atoms with E-state index in [0.717, 1.165) is 49.4 Å². The Morgan fingerprint density at radius 3 is 2.83 bits per heavy atom. The summed E-state index contributed by atoms with van der Waals surface area (Å²) in [5.41, 5.74) is 0. The molecule has 1 aliphatic rings. The molecular weight excluding hydrogens is 316 g/mol. The molecule has 0 spiro atoms. The van der Waals surface area contributed by atoms with E-state index in [9.17, 15) is 0 Å². The molecular formula is C13H18BrClN2O. The maximum absolute atomic E-state index is 6.08. The third-order valence-corrected chi connectivity index (χ3v) is 3.77. The second-order valence-electron chi connectivity index (χ2n) is 4.37. The van der Waals surface area contributed by atoms with Crippen molar-refractivity contribution in [3.63, 3.8) is 0 Å². The Morgan fingerprint density at radius 1 is 1.33 bits per heavy atom. The average molecular weight is 334 g/mol. The van der Waals surface area contributed by atoms with Crippen LogP contribution in [0, 0.1) is 0 Å². The Hall–Kier alpha value is -0.290. The maximum atomic E-state index is 6.08. The van der Waals surface area contributed by atoms with Crippen molar-refractivity contribution in [3.8, 4) is 5.75 Å². The molecule has 1 aromatic carbocycles. The van der Waals surface area contributed by atoms with Crippen LogP contribution in [0.2, 0.25) is 5.02 Å². The standard InChI is InChI=1S/C13H18BrClN2O/c14-11-2-3-13(12(15)10-11)18-9-1-6-17-7-4-16-5-8-17/h2-3,10,16H,1,4-9H2. The van der Waals surface area contributed by atoms with Gasteiger partial charge >= 0.3 is 0 Å². The number of halogens is 2. The fraction of sp³-hybridized carbons (Fsp3) is 0.538. The van der Waals surface area contributed by atoms with Crippen molar-refractivity contribution < 1.29 is 4.74 Å². The topological polar surface area (TPSA) is 24.5 Å². The van der Waals surface area contributed by atoms with E-state index in [2.05, 4.69) is 26.1 Å². The summed E-state index contributed by atoms with van der Waals surface area (Å²) in [6.45, 7) is 6.28. The van der Waals surface area contributed by atoms with Gasteiger partial charge in [-0.2, -0.15) is 0 Å². The summed E-state index contributed by atoms with van der Waals surface area (Å²) in [5, 5.41) is 4.01. The lowest BCUT2D eigenvalue weighted by Crippen LogP contribution is -2.43. The Labute approximate surface area is 122 Å². The molecule has 18 heavy (non-hydrogen) atoms. The van der Waals surface area contributed by atoms with Gasteiger partial charge in [0, 0.05) is 37.2 Å². The molecule has 0 amide bonds. The van der Waals surface area contributed by atoms with Crippen molar-refractivity contribution in [2.45, 2.75) is 6.42 Å². The first-order valence-corrected chi connectivity index (χ1v) is 7.44. The lowest BCUT2D eigenvalue weighted by atomic mass is 10.3. The normalized spacial score (nSPS) is 16.8. The number of piperazine rings is 1. The lowest BCUT2D eigenvalue weighted by molar-refractivity contribution is 0.214. The summed E-state index contributed by atoms with van der Waals surface area (Å²) in [6, 6.07) is 5.70. The molecule has 5 heteroatoms. The monoisotopic (exact) mass is 332 g/mol. The highest BCUT2D eigenvalue weighted by atomic mass is 79.9. The first-order chi connectivity index (χ1) is 8.75. The second-order valence-corrected chi connectivity index (χ2v) is 5.69. The van der Waals surface area contributed by atoms with Crippen molar-refractivity contribution in [1.29, 1.82) is 0 Å². The molecule has 1 heterocycles. The third-order valence-electron chi connectivity index (χ3n) is 2.98. The summed E-state index contributed by atoms with van der Waals surface area (Å²) in [7, 11) is 0. The van der Waals surface area contributed by atoms with Crippen LogP contribution in [0.25, 0.3) is 0 Å². The van der Waals surface area contributed by atoms with Crippen molar-refractivity contribution >= 4 is 27.5 Å². The van der Waals surface area contributed by atoms with Crippen LogP contribution in [-0.2, 0) is 0 Å². The summed E-state index contributed by atoms with van der Waals surface area (Å²) in [6.07, 6.45) is 1.03. The number of nitrogens with one attached hydrogen (secondary N) is 1. The number of hydrogen-bond acceptors (Lipinski definition) is 3. The third kappa shape index (κ3) is 4.43. The van der Waals surface area contributed by atoms with Gasteiger partial charge in [0.15, 0.2) is 0 Å². The van der Waals surface area contributed by atoms with Crippen molar-refractivity contribution in [2.24, 2.45) is 0 Å². The van der Waals surface area contributed by atoms with Crippen molar-refractivity contribution in [1.82, 2.24) is 10.2 Å². The van der Waals surface area contributed by atoms with E-state index in [1.54, 1.807) is 0 Å². The number of benzene rings is 1. The SMILES string of the molecule is Clc1cc(Br)ccc1OCCCN1CCNCC1. The number of hydrogen-bond donors (Lipinski definition) is 1. The van der Waals surface area contributed by atoms with E-state index in [0.29, 0.717) is 11.6 Å². The van der Waals surface area contributed by atoms with Gasteiger partial charge in [-0.15, -0.1) is 0 Å². The zero-order valence-corrected chi connectivity index (χ0v) is 12.6. The summed E-state index contributed by atoms with van der Waals surface area (Å²) >= 11 is 9.46. The van der Waals surface area contributed by atoms with Gasteiger partial charge in [0.2, 0.25) is 0 Å². The van der Waals surface area contributed by atoms with Gasteiger partial charge in [0.05, 0.1) is 11.6 Å². The van der Waals surface area contributed by atoms with E-state index in [4.69, 9.17) is 16.3 Å². The first-order valence-electron chi connectivity index (χ1n) is 6.26. The molecule has 0 atom stereocenters. The minimum Gasteiger partial charge on any atom is -0.492 e. The van der Waals surface area contributed by atoms with Crippen molar-refractivity contribution in [3.05, 3.63) is 27.7 Å². The Bertz CT molecular complexity index is 383. The van der Waals surface area contributed by atoms with Crippen LogP contribution >= 0.6 is 27.5 Å². The van der Waals surface area contributed by atoms with Crippen LogP contribution in [0.15, 0.2) is 22.7 Å². The van der Waals surface area contributed by atoms with Gasteiger partial charge in [-0.25, -0.2) is 0 Å². The molecule has 0 aliphatic carbocycles. The van der Waals surface area contributed by atoms with Crippen molar-refractivity contribution in [2.75, 3.05) is 39.3 Å². The van der Waals surface area contributed by atoms with Gasteiger partial charge in [0.25, 0.3) is 0 Å². The zero-order chi connectivity index (χ0) is 12.8. The molecule has 0 unspecified atom stereocenters. The molecule has 1 fully saturated rings. The van der Waals surface area contributed by atoms with Gasteiger partial charge in [0.1, 0.15) is 5.75 Å². The van der Waals surface area contributed by atoms with Crippen LogP contribution in [0.1, 0.15) is 6.42 Å². The summed E-state index contributed by atoms with van der Waals surface area (Å²) in [4.78, 5) is 2.46. The molecule has 1 saturated heterocycles. The average Bonchev–Trinajstić information content (AvgIpc) is 2.38. The second kappa shape index (κ2) is 7.34. The van der Waals surface area contributed by atoms with Gasteiger partial charge in [-0.1, -0.05) is 27.5 Å². The van der Waals surface area contributed by atoms with Crippen LogP contribution in [-0.4, -0.2) is 44.2 Å². The quantitative estimate of drug-likeness (QED) is 0.839. The molecule has 1 aromatic rings.